The van der Waals surface area contributed by atoms with E-state index in [-0.39, 0.29) is 12.5 Å². The van der Waals surface area contributed by atoms with Gasteiger partial charge in [-0.2, -0.15) is 0 Å². The third-order valence-electron chi connectivity index (χ3n) is 4.93. The summed E-state index contributed by atoms with van der Waals surface area (Å²) >= 11 is 0. The van der Waals surface area contributed by atoms with Gasteiger partial charge < -0.3 is 5.32 Å². The van der Waals surface area contributed by atoms with Crippen LogP contribution in [0.15, 0.2) is 42.5 Å². The zero-order valence-electron chi connectivity index (χ0n) is 18.0. The van der Waals surface area contributed by atoms with Crippen LogP contribution >= 0.6 is 0 Å². The van der Waals surface area contributed by atoms with E-state index in [9.17, 15) is 13.2 Å². The van der Waals surface area contributed by atoms with Crippen LogP contribution in [0.3, 0.4) is 0 Å². The average molecular weight is 417 g/mol. The molecule has 0 aliphatic heterocycles. The number of carbonyl (C=O) groups excluding carboxylic acids is 1. The SMILES string of the molecule is Cc1ccc(C)c(N(CC(=O)NCCCc2ccc(C(C)C)cc2)S(C)(=O)=O)c1. The number of nitrogens with zero attached hydrogens (tertiary/aromatic N) is 1. The van der Waals surface area contributed by atoms with Gasteiger partial charge in [0.1, 0.15) is 6.54 Å². The summed E-state index contributed by atoms with van der Waals surface area (Å²) in [5.41, 5.74) is 4.86. The maximum Gasteiger partial charge on any atom is 0.240 e. The maximum atomic E-state index is 12.4. The van der Waals surface area contributed by atoms with Crippen LogP contribution in [0, 0.1) is 13.8 Å². The summed E-state index contributed by atoms with van der Waals surface area (Å²) in [4.78, 5) is 12.4. The normalized spacial score (nSPS) is 11.5. The highest BCUT2D eigenvalue weighted by molar-refractivity contribution is 7.92. The van der Waals surface area contributed by atoms with E-state index in [0.29, 0.717) is 18.2 Å². The molecule has 0 radical (unpaired) electrons. The molecule has 0 saturated heterocycles. The van der Waals surface area contributed by atoms with Crippen molar-refractivity contribution in [3.05, 3.63) is 64.7 Å². The fraction of sp³-hybridized carbons (Fsp3) is 0.435. The number of carbonyl (C=O) groups is 1. The van der Waals surface area contributed by atoms with Gasteiger partial charge in [0.15, 0.2) is 0 Å². The van der Waals surface area contributed by atoms with Crippen molar-refractivity contribution in [1.29, 1.82) is 0 Å². The molecule has 0 aliphatic rings. The Balaban J connectivity index is 1.91. The van der Waals surface area contributed by atoms with Crippen LogP contribution in [0.25, 0.3) is 0 Å². The van der Waals surface area contributed by atoms with Crippen molar-refractivity contribution in [3.63, 3.8) is 0 Å². The minimum absolute atomic E-state index is 0.216. The minimum atomic E-state index is -3.56. The fourth-order valence-corrected chi connectivity index (χ4v) is 4.05. The number of aryl methyl sites for hydroxylation is 3. The van der Waals surface area contributed by atoms with Gasteiger partial charge in [-0.3, -0.25) is 9.10 Å². The van der Waals surface area contributed by atoms with Crippen molar-refractivity contribution >= 4 is 21.6 Å². The van der Waals surface area contributed by atoms with E-state index in [0.717, 1.165) is 30.2 Å². The number of hydrogen-bond acceptors (Lipinski definition) is 3. The molecule has 0 unspecified atom stereocenters. The van der Waals surface area contributed by atoms with E-state index < -0.39 is 10.0 Å². The van der Waals surface area contributed by atoms with Gasteiger partial charge >= 0.3 is 0 Å². The number of hydrogen-bond donors (Lipinski definition) is 1. The molecule has 1 amide bonds. The lowest BCUT2D eigenvalue weighted by molar-refractivity contribution is -0.119. The lowest BCUT2D eigenvalue weighted by Crippen LogP contribution is -2.41. The highest BCUT2D eigenvalue weighted by Gasteiger charge is 2.22. The molecule has 5 nitrogen and oxygen atoms in total. The summed E-state index contributed by atoms with van der Waals surface area (Å²) in [5, 5.41) is 2.84. The van der Waals surface area contributed by atoms with Crippen molar-refractivity contribution in [2.75, 3.05) is 23.7 Å². The van der Waals surface area contributed by atoms with Crippen molar-refractivity contribution < 1.29 is 13.2 Å². The Morgan fingerprint density at radius 1 is 1.07 bits per heavy atom. The number of benzene rings is 2. The van der Waals surface area contributed by atoms with Gasteiger partial charge in [-0.05, 0) is 60.9 Å². The standard InChI is InChI=1S/C23H32N2O3S/c1-17(2)21-12-10-20(11-13-21)7-6-14-24-23(26)16-25(29(5,27)28)22-15-18(3)8-9-19(22)4/h8-13,15,17H,6-7,14,16H2,1-5H3,(H,24,26). The second-order valence-corrected chi connectivity index (χ2v) is 9.82. The summed E-state index contributed by atoms with van der Waals surface area (Å²) in [7, 11) is -3.56. The van der Waals surface area contributed by atoms with Crippen LogP contribution in [0.5, 0.6) is 0 Å². The Kier molecular flexibility index (Phi) is 7.85. The first-order valence-electron chi connectivity index (χ1n) is 9.98. The molecule has 158 valence electrons. The van der Waals surface area contributed by atoms with Gasteiger partial charge in [-0.15, -0.1) is 0 Å². The Morgan fingerprint density at radius 2 is 1.72 bits per heavy atom. The number of nitrogens with one attached hydrogen (secondary N) is 1. The summed E-state index contributed by atoms with van der Waals surface area (Å²) in [6, 6.07) is 14.1. The van der Waals surface area contributed by atoms with Crippen LogP contribution in [0.2, 0.25) is 0 Å². The first kappa shape index (κ1) is 22.9. The predicted octanol–water partition coefficient (Wildman–Crippen LogP) is 3.94. The van der Waals surface area contributed by atoms with Crippen LogP contribution < -0.4 is 9.62 Å². The Morgan fingerprint density at radius 3 is 2.31 bits per heavy atom. The van der Waals surface area contributed by atoms with Crippen LogP contribution in [0.4, 0.5) is 5.69 Å². The van der Waals surface area contributed by atoms with E-state index in [1.54, 1.807) is 6.07 Å². The largest absolute Gasteiger partial charge is 0.355 e. The van der Waals surface area contributed by atoms with Gasteiger partial charge in [-0.25, -0.2) is 8.42 Å². The Labute approximate surface area is 175 Å². The zero-order valence-corrected chi connectivity index (χ0v) is 18.8. The van der Waals surface area contributed by atoms with Gasteiger partial charge in [-0.1, -0.05) is 50.2 Å². The molecule has 2 aromatic carbocycles. The topological polar surface area (TPSA) is 66.5 Å². The van der Waals surface area contributed by atoms with E-state index in [2.05, 4.69) is 43.4 Å². The van der Waals surface area contributed by atoms with Crippen LogP contribution in [-0.2, 0) is 21.2 Å². The smallest absolute Gasteiger partial charge is 0.240 e. The first-order chi connectivity index (χ1) is 13.6. The molecule has 0 heterocycles. The molecule has 2 rings (SSSR count). The molecular formula is C23H32N2O3S. The quantitative estimate of drug-likeness (QED) is 0.630. The minimum Gasteiger partial charge on any atom is -0.355 e. The molecule has 0 aliphatic carbocycles. The van der Waals surface area contributed by atoms with E-state index in [1.165, 1.54) is 15.4 Å². The molecule has 1 N–H and O–H groups in total. The highest BCUT2D eigenvalue weighted by Crippen LogP contribution is 2.23. The van der Waals surface area contributed by atoms with Gasteiger partial charge in [0.25, 0.3) is 0 Å². The molecule has 0 spiro atoms. The van der Waals surface area contributed by atoms with Gasteiger partial charge in [0.2, 0.25) is 15.9 Å². The van der Waals surface area contributed by atoms with Crippen molar-refractivity contribution in [2.45, 2.75) is 46.5 Å². The third-order valence-corrected chi connectivity index (χ3v) is 6.06. The van der Waals surface area contributed by atoms with Crippen molar-refractivity contribution in [1.82, 2.24) is 5.32 Å². The maximum absolute atomic E-state index is 12.4. The summed E-state index contributed by atoms with van der Waals surface area (Å²) in [5.74, 6) is 0.213. The van der Waals surface area contributed by atoms with Gasteiger partial charge in [0, 0.05) is 6.54 Å². The second kappa shape index (κ2) is 9.92. The van der Waals surface area contributed by atoms with Crippen molar-refractivity contribution in [2.24, 2.45) is 0 Å². The first-order valence-corrected chi connectivity index (χ1v) is 11.8. The summed E-state index contributed by atoms with van der Waals surface area (Å²) in [6.07, 6.45) is 2.80. The molecule has 6 heteroatoms. The predicted molar refractivity (Wildman–Crippen MR) is 120 cm³/mol. The Hall–Kier alpha value is -2.34. The molecule has 0 aromatic heterocycles. The molecule has 2 aromatic rings. The number of amides is 1. The third kappa shape index (κ3) is 6.89. The summed E-state index contributed by atoms with van der Waals surface area (Å²) in [6.45, 7) is 8.37. The van der Waals surface area contributed by atoms with Crippen LogP contribution in [-0.4, -0.2) is 33.7 Å². The number of rotatable bonds is 9. The molecular weight excluding hydrogens is 384 g/mol. The van der Waals surface area contributed by atoms with E-state index >= 15 is 0 Å². The Bertz CT molecular complexity index is 935. The number of sulfonamides is 1. The molecule has 0 saturated carbocycles. The molecule has 0 atom stereocenters. The molecule has 0 bridgehead atoms. The fourth-order valence-electron chi connectivity index (χ4n) is 3.15. The lowest BCUT2D eigenvalue weighted by Gasteiger charge is -2.24. The van der Waals surface area contributed by atoms with Gasteiger partial charge in [0.05, 0.1) is 11.9 Å². The number of anilines is 1. The summed E-state index contributed by atoms with van der Waals surface area (Å²) < 4.78 is 25.7. The monoisotopic (exact) mass is 416 g/mol. The van der Waals surface area contributed by atoms with E-state index in [4.69, 9.17) is 0 Å². The average Bonchev–Trinajstić information content (AvgIpc) is 2.65. The second-order valence-electron chi connectivity index (χ2n) is 7.91. The zero-order chi connectivity index (χ0) is 21.6. The lowest BCUT2D eigenvalue weighted by atomic mass is 10.0. The molecule has 0 fully saturated rings. The molecule has 29 heavy (non-hydrogen) atoms. The van der Waals surface area contributed by atoms with E-state index in [1.807, 2.05) is 26.0 Å². The highest BCUT2D eigenvalue weighted by atomic mass is 32.2. The van der Waals surface area contributed by atoms with Crippen LogP contribution in [0.1, 0.15) is 48.4 Å². The van der Waals surface area contributed by atoms with Crippen molar-refractivity contribution in [3.8, 4) is 0 Å².